The van der Waals surface area contributed by atoms with Gasteiger partial charge >= 0.3 is 12.0 Å². The van der Waals surface area contributed by atoms with E-state index in [-0.39, 0.29) is 13.0 Å². The first kappa shape index (κ1) is 15.6. The van der Waals surface area contributed by atoms with Crippen LogP contribution in [-0.4, -0.2) is 41.1 Å². The Balaban J connectivity index is 2.71. The molecule has 0 bridgehead atoms. The number of carbonyl (C=O) groups is 2. The molecule has 0 spiro atoms. The van der Waals surface area contributed by atoms with Crippen molar-refractivity contribution in [1.29, 1.82) is 0 Å². The van der Waals surface area contributed by atoms with Gasteiger partial charge in [0.1, 0.15) is 6.04 Å². The number of terminal acetylenes is 1. The summed E-state index contributed by atoms with van der Waals surface area (Å²) in [5, 5.41) is 11.7. The first-order valence-electron chi connectivity index (χ1n) is 6.34. The number of carbonyl (C=O) groups excluding carboxylic acids is 1. The molecule has 1 aromatic carbocycles. The van der Waals surface area contributed by atoms with E-state index in [1.54, 1.807) is 6.92 Å². The molecule has 1 unspecified atom stereocenters. The summed E-state index contributed by atoms with van der Waals surface area (Å²) in [7, 11) is 0. The Bertz CT molecular complexity index is 494. The van der Waals surface area contributed by atoms with Crippen LogP contribution in [0.15, 0.2) is 30.3 Å². The van der Waals surface area contributed by atoms with Crippen molar-refractivity contribution in [2.75, 3.05) is 13.1 Å². The standard InChI is InChI=1S/C15H18N2O3/c1-3-10-17(4-2)15(20)16-13(14(18)19)11-12-8-6-5-7-9-12/h1,5-9,13H,4,10-11H2,2H3,(H,16,20)(H,18,19). The molecule has 2 N–H and O–H groups in total. The number of nitrogens with zero attached hydrogens (tertiary/aromatic N) is 1. The lowest BCUT2D eigenvalue weighted by Crippen LogP contribution is -2.49. The molecule has 0 aromatic heterocycles. The molecule has 0 radical (unpaired) electrons. The van der Waals surface area contributed by atoms with Gasteiger partial charge in [0.15, 0.2) is 0 Å². The molecule has 20 heavy (non-hydrogen) atoms. The SMILES string of the molecule is C#CCN(CC)C(=O)NC(Cc1ccccc1)C(=O)O. The molecule has 1 rings (SSSR count). The van der Waals surface area contributed by atoms with Crippen LogP contribution in [0.3, 0.4) is 0 Å². The van der Waals surface area contributed by atoms with E-state index in [0.717, 1.165) is 5.56 Å². The van der Waals surface area contributed by atoms with Gasteiger partial charge < -0.3 is 15.3 Å². The molecular weight excluding hydrogens is 256 g/mol. The quantitative estimate of drug-likeness (QED) is 0.769. The highest BCUT2D eigenvalue weighted by atomic mass is 16.4. The van der Waals surface area contributed by atoms with E-state index in [9.17, 15) is 14.7 Å². The van der Waals surface area contributed by atoms with Crippen LogP contribution in [0.5, 0.6) is 0 Å². The first-order chi connectivity index (χ1) is 9.58. The van der Waals surface area contributed by atoms with E-state index in [2.05, 4.69) is 11.2 Å². The smallest absolute Gasteiger partial charge is 0.326 e. The van der Waals surface area contributed by atoms with Crippen molar-refractivity contribution in [3.8, 4) is 12.3 Å². The van der Waals surface area contributed by atoms with Crippen LogP contribution in [0.2, 0.25) is 0 Å². The fraction of sp³-hybridized carbons (Fsp3) is 0.333. The van der Waals surface area contributed by atoms with Crippen molar-refractivity contribution in [2.45, 2.75) is 19.4 Å². The fourth-order valence-electron chi connectivity index (χ4n) is 1.73. The lowest BCUT2D eigenvalue weighted by molar-refractivity contribution is -0.139. The van der Waals surface area contributed by atoms with Gasteiger partial charge in [-0.2, -0.15) is 0 Å². The predicted molar refractivity (Wildman–Crippen MR) is 76.2 cm³/mol. The average Bonchev–Trinajstić information content (AvgIpc) is 2.44. The van der Waals surface area contributed by atoms with Crippen molar-refractivity contribution in [3.63, 3.8) is 0 Å². The molecule has 0 aliphatic heterocycles. The highest BCUT2D eigenvalue weighted by molar-refractivity contribution is 5.83. The maximum Gasteiger partial charge on any atom is 0.326 e. The summed E-state index contributed by atoms with van der Waals surface area (Å²) in [6.07, 6.45) is 5.40. The van der Waals surface area contributed by atoms with E-state index in [1.807, 2.05) is 30.3 Å². The molecule has 1 aromatic rings. The third-order valence-corrected chi connectivity index (χ3v) is 2.83. The lowest BCUT2D eigenvalue weighted by atomic mass is 10.1. The maximum atomic E-state index is 11.9. The fourth-order valence-corrected chi connectivity index (χ4v) is 1.73. The van der Waals surface area contributed by atoms with Crippen molar-refractivity contribution < 1.29 is 14.7 Å². The molecular formula is C15H18N2O3. The summed E-state index contributed by atoms with van der Waals surface area (Å²) in [4.78, 5) is 24.5. The van der Waals surface area contributed by atoms with Gasteiger partial charge in [-0.15, -0.1) is 6.42 Å². The Morgan fingerprint density at radius 2 is 2.05 bits per heavy atom. The van der Waals surface area contributed by atoms with E-state index >= 15 is 0 Å². The number of nitrogens with one attached hydrogen (secondary N) is 1. The second-order valence-corrected chi connectivity index (χ2v) is 4.25. The molecule has 1 atom stereocenters. The summed E-state index contributed by atoms with van der Waals surface area (Å²) in [5.41, 5.74) is 0.847. The summed E-state index contributed by atoms with van der Waals surface area (Å²) < 4.78 is 0. The van der Waals surface area contributed by atoms with Gasteiger partial charge in [0, 0.05) is 13.0 Å². The van der Waals surface area contributed by atoms with Crippen molar-refractivity contribution >= 4 is 12.0 Å². The molecule has 5 nitrogen and oxygen atoms in total. The van der Waals surface area contributed by atoms with Crippen molar-refractivity contribution in [3.05, 3.63) is 35.9 Å². The second-order valence-electron chi connectivity index (χ2n) is 4.25. The molecule has 2 amide bonds. The highest BCUT2D eigenvalue weighted by Crippen LogP contribution is 2.04. The summed E-state index contributed by atoms with van der Waals surface area (Å²) in [5.74, 6) is 1.30. The topological polar surface area (TPSA) is 69.6 Å². The van der Waals surface area contributed by atoms with Crippen LogP contribution < -0.4 is 5.32 Å². The van der Waals surface area contributed by atoms with Crippen LogP contribution in [0.1, 0.15) is 12.5 Å². The zero-order chi connectivity index (χ0) is 15.0. The lowest BCUT2D eigenvalue weighted by Gasteiger charge is -2.22. The molecule has 0 aliphatic carbocycles. The number of carboxylic acids is 1. The Morgan fingerprint density at radius 3 is 2.55 bits per heavy atom. The van der Waals surface area contributed by atoms with E-state index < -0.39 is 18.0 Å². The van der Waals surface area contributed by atoms with Gasteiger partial charge in [0.2, 0.25) is 0 Å². The Labute approximate surface area is 118 Å². The number of amides is 2. The zero-order valence-electron chi connectivity index (χ0n) is 11.4. The van der Waals surface area contributed by atoms with E-state index in [0.29, 0.717) is 6.54 Å². The van der Waals surface area contributed by atoms with E-state index in [1.165, 1.54) is 4.90 Å². The van der Waals surface area contributed by atoms with Gasteiger partial charge in [-0.05, 0) is 12.5 Å². The third-order valence-electron chi connectivity index (χ3n) is 2.83. The van der Waals surface area contributed by atoms with Gasteiger partial charge in [0.05, 0.1) is 6.54 Å². The molecule has 0 aliphatic rings. The third kappa shape index (κ3) is 4.65. The Kier molecular flexibility index (Phi) is 6.11. The Morgan fingerprint density at radius 1 is 1.40 bits per heavy atom. The van der Waals surface area contributed by atoms with Gasteiger partial charge in [-0.3, -0.25) is 0 Å². The van der Waals surface area contributed by atoms with Crippen LogP contribution in [0.25, 0.3) is 0 Å². The van der Waals surface area contributed by atoms with Gasteiger partial charge in [0.25, 0.3) is 0 Å². The minimum absolute atomic E-state index is 0.153. The predicted octanol–water partition coefficient (Wildman–Crippen LogP) is 1.35. The molecule has 106 valence electrons. The van der Waals surface area contributed by atoms with Crippen molar-refractivity contribution in [1.82, 2.24) is 10.2 Å². The van der Waals surface area contributed by atoms with Gasteiger partial charge in [-0.25, -0.2) is 9.59 Å². The largest absolute Gasteiger partial charge is 0.480 e. The maximum absolute atomic E-state index is 11.9. The number of aliphatic carboxylic acids is 1. The first-order valence-corrected chi connectivity index (χ1v) is 6.34. The Hall–Kier alpha value is -2.48. The highest BCUT2D eigenvalue weighted by Gasteiger charge is 2.22. The normalized spacial score (nSPS) is 11.2. The zero-order valence-corrected chi connectivity index (χ0v) is 11.4. The summed E-state index contributed by atoms with van der Waals surface area (Å²) in [6, 6.07) is 7.70. The molecule has 5 heteroatoms. The number of carboxylic acid groups (broad SMARTS) is 1. The monoisotopic (exact) mass is 274 g/mol. The van der Waals surface area contributed by atoms with Crippen LogP contribution in [-0.2, 0) is 11.2 Å². The van der Waals surface area contributed by atoms with E-state index in [4.69, 9.17) is 6.42 Å². The number of urea groups is 1. The molecule has 0 heterocycles. The van der Waals surface area contributed by atoms with Crippen molar-refractivity contribution in [2.24, 2.45) is 0 Å². The molecule has 0 saturated heterocycles. The second kappa shape index (κ2) is 7.85. The molecule has 0 fully saturated rings. The summed E-state index contributed by atoms with van der Waals surface area (Å²) in [6.45, 7) is 2.36. The number of hydrogen-bond donors (Lipinski definition) is 2. The minimum Gasteiger partial charge on any atom is -0.480 e. The number of benzene rings is 1. The van der Waals surface area contributed by atoms with Crippen LogP contribution in [0.4, 0.5) is 4.79 Å². The summed E-state index contributed by atoms with van der Waals surface area (Å²) >= 11 is 0. The van der Waals surface area contributed by atoms with Gasteiger partial charge in [-0.1, -0.05) is 36.3 Å². The number of rotatable bonds is 6. The molecule has 0 saturated carbocycles. The van der Waals surface area contributed by atoms with Crippen LogP contribution >= 0.6 is 0 Å². The van der Waals surface area contributed by atoms with Crippen LogP contribution in [0, 0.1) is 12.3 Å². The minimum atomic E-state index is -1.07. The average molecular weight is 274 g/mol. The number of hydrogen-bond acceptors (Lipinski definition) is 2.